The number of pyridine rings is 1. The molecule has 0 spiro atoms. The highest BCUT2D eigenvalue weighted by Gasteiger charge is 2.37. The Bertz CT molecular complexity index is 1080. The second kappa shape index (κ2) is 8.31. The van der Waals surface area contributed by atoms with E-state index in [0.29, 0.717) is 47.8 Å². The Hall–Kier alpha value is -3.14. The smallest absolute Gasteiger partial charge is 0.291 e. The predicted molar refractivity (Wildman–Crippen MR) is 113 cm³/mol. The number of rotatable bonds is 4. The number of carbonyl (C=O) groups excluding carboxylic acids is 1. The summed E-state index contributed by atoms with van der Waals surface area (Å²) in [6.07, 6.45) is 3.51. The number of halogens is 1. The van der Waals surface area contributed by atoms with Crippen LogP contribution < -0.4 is 5.32 Å². The van der Waals surface area contributed by atoms with Crippen LogP contribution in [0.4, 0.5) is 5.69 Å². The number of hydrogen-bond acceptors (Lipinski definition) is 5. The Labute approximate surface area is 179 Å². The van der Waals surface area contributed by atoms with E-state index in [2.05, 4.69) is 16.4 Å². The normalized spacial score (nSPS) is 21.0. The van der Waals surface area contributed by atoms with Crippen LogP contribution in [0.1, 0.15) is 41.9 Å². The number of hydrogen-bond donors (Lipinski definition) is 2. The molecule has 1 fully saturated rings. The third kappa shape index (κ3) is 4.09. The van der Waals surface area contributed by atoms with Gasteiger partial charge in [0.2, 0.25) is 0 Å². The van der Waals surface area contributed by atoms with Crippen LogP contribution in [0.2, 0.25) is 5.02 Å². The van der Waals surface area contributed by atoms with Crippen molar-refractivity contribution in [3.05, 3.63) is 71.2 Å². The van der Waals surface area contributed by atoms with E-state index < -0.39 is 5.41 Å². The summed E-state index contributed by atoms with van der Waals surface area (Å²) in [5.41, 5.74) is 1.31. The third-order valence-electron chi connectivity index (χ3n) is 5.49. The van der Waals surface area contributed by atoms with Crippen LogP contribution in [0.15, 0.2) is 59.1 Å². The zero-order valence-electron chi connectivity index (χ0n) is 16.1. The van der Waals surface area contributed by atoms with Crippen molar-refractivity contribution in [3.8, 4) is 17.4 Å². The maximum atomic E-state index is 12.5. The molecule has 152 valence electrons. The lowest BCUT2D eigenvalue weighted by molar-refractivity contribution is 0.0997. The number of benzene rings is 1. The zero-order chi connectivity index (χ0) is 21.1. The summed E-state index contributed by atoms with van der Waals surface area (Å²) in [5.74, 6) is 0.361. The summed E-state index contributed by atoms with van der Waals surface area (Å²) in [7, 11) is 0. The fourth-order valence-corrected chi connectivity index (χ4v) is 3.82. The number of furan rings is 1. The summed E-state index contributed by atoms with van der Waals surface area (Å²) in [5, 5.41) is 22.8. The average Bonchev–Trinajstić information content (AvgIpc) is 3.26. The van der Waals surface area contributed by atoms with E-state index in [1.165, 1.54) is 0 Å². The molecule has 1 aromatic carbocycles. The van der Waals surface area contributed by atoms with Gasteiger partial charge in [-0.15, -0.1) is 0 Å². The Morgan fingerprint density at radius 3 is 2.53 bits per heavy atom. The van der Waals surface area contributed by atoms with Gasteiger partial charge in [-0.25, -0.2) is 0 Å². The van der Waals surface area contributed by atoms with Gasteiger partial charge >= 0.3 is 0 Å². The van der Waals surface area contributed by atoms with Gasteiger partial charge in [0.05, 0.1) is 35.2 Å². The van der Waals surface area contributed by atoms with Gasteiger partial charge in [-0.3, -0.25) is 9.78 Å². The number of amides is 1. The van der Waals surface area contributed by atoms with Crippen LogP contribution in [0.3, 0.4) is 0 Å². The van der Waals surface area contributed by atoms with Crippen molar-refractivity contribution in [2.24, 2.45) is 0 Å². The topological polar surface area (TPSA) is 99.2 Å². The first-order chi connectivity index (χ1) is 14.5. The van der Waals surface area contributed by atoms with Gasteiger partial charge in [0.15, 0.2) is 5.76 Å². The number of aromatic nitrogens is 1. The van der Waals surface area contributed by atoms with Crippen LogP contribution in [-0.2, 0) is 5.41 Å². The molecule has 0 saturated heterocycles. The number of nitriles is 1. The summed E-state index contributed by atoms with van der Waals surface area (Å²) in [6.45, 7) is 0. The van der Waals surface area contributed by atoms with Crippen molar-refractivity contribution >= 4 is 23.2 Å². The van der Waals surface area contributed by atoms with E-state index in [-0.39, 0.29) is 17.8 Å². The lowest BCUT2D eigenvalue weighted by Gasteiger charge is -2.32. The molecule has 6 nitrogen and oxygen atoms in total. The predicted octanol–water partition coefficient (Wildman–Crippen LogP) is 4.94. The summed E-state index contributed by atoms with van der Waals surface area (Å²) >= 11 is 5.90. The second-order valence-electron chi connectivity index (χ2n) is 7.48. The van der Waals surface area contributed by atoms with E-state index in [1.54, 1.807) is 42.6 Å². The maximum Gasteiger partial charge on any atom is 0.291 e. The number of carbonyl (C=O) groups is 1. The fraction of sp³-hybridized carbons (Fsp3) is 0.261. The lowest BCUT2D eigenvalue weighted by Crippen LogP contribution is -2.33. The molecule has 1 aliphatic carbocycles. The van der Waals surface area contributed by atoms with Gasteiger partial charge < -0.3 is 14.8 Å². The minimum atomic E-state index is -0.684. The Balaban J connectivity index is 1.45. The Kier molecular flexibility index (Phi) is 5.58. The van der Waals surface area contributed by atoms with Gasteiger partial charge in [-0.05, 0) is 74.2 Å². The van der Waals surface area contributed by atoms with E-state index in [1.807, 2.05) is 12.1 Å². The molecule has 30 heavy (non-hydrogen) atoms. The molecule has 0 atom stereocenters. The highest BCUT2D eigenvalue weighted by molar-refractivity contribution is 6.30. The average molecular weight is 422 g/mol. The van der Waals surface area contributed by atoms with Crippen molar-refractivity contribution in [1.82, 2.24) is 4.98 Å². The van der Waals surface area contributed by atoms with Crippen LogP contribution in [0.5, 0.6) is 0 Å². The van der Waals surface area contributed by atoms with E-state index >= 15 is 0 Å². The third-order valence-corrected chi connectivity index (χ3v) is 5.74. The van der Waals surface area contributed by atoms with Crippen molar-refractivity contribution in [2.75, 3.05) is 5.32 Å². The molecule has 1 saturated carbocycles. The first kappa shape index (κ1) is 20.1. The van der Waals surface area contributed by atoms with Crippen molar-refractivity contribution in [3.63, 3.8) is 0 Å². The molecule has 7 heteroatoms. The summed E-state index contributed by atoms with van der Waals surface area (Å²) in [6, 6.07) is 16.4. The summed E-state index contributed by atoms with van der Waals surface area (Å²) < 4.78 is 5.66. The van der Waals surface area contributed by atoms with Crippen molar-refractivity contribution < 1.29 is 14.3 Å². The van der Waals surface area contributed by atoms with Gasteiger partial charge in [-0.2, -0.15) is 5.26 Å². The molecule has 0 unspecified atom stereocenters. The number of aliphatic hydroxyl groups is 1. The number of nitrogens with one attached hydrogen (secondary N) is 1. The minimum Gasteiger partial charge on any atom is -0.451 e. The van der Waals surface area contributed by atoms with Crippen molar-refractivity contribution in [2.45, 2.75) is 37.2 Å². The summed E-state index contributed by atoms with van der Waals surface area (Å²) in [4.78, 5) is 16.9. The molecule has 4 rings (SSSR count). The van der Waals surface area contributed by atoms with Crippen LogP contribution >= 0.6 is 11.6 Å². The van der Waals surface area contributed by atoms with E-state index in [4.69, 9.17) is 16.0 Å². The standard InChI is InChI=1S/C23H20ClN3O3/c24-16-3-1-15(2-4-16)19-6-7-20(30-19)22(29)27-17-5-8-21(26-13-17)23(14-25)11-9-18(28)10-12-23/h1-8,13,18,28H,9-12H2,(H,27,29). The Morgan fingerprint density at radius 1 is 1.17 bits per heavy atom. The van der Waals surface area contributed by atoms with Gasteiger partial charge in [-0.1, -0.05) is 11.6 Å². The molecule has 3 aromatic rings. The highest BCUT2D eigenvalue weighted by atomic mass is 35.5. The molecule has 1 amide bonds. The monoisotopic (exact) mass is 421 g/mol. The fourth-order valence-electron chi connectivity index (χ4n) is 3.69. The minimum absolute atomic E-state index is 0.179. The Morgan fingerprint density at radius 2 is 1.90 bits per heavy atom. The van der Waals surface area contributed by atoms with E-state index in [9.17, 15) is 15.2 Å². The lowest BCUT2D eigenvalue weighted by atomic mass is 9.72. The maximum absolute atomic E-state index is 12.5. The molecule has 0 bridgehead atoms. The second-order valence-corrected chi connectivity index (χ2v) is 7.92. The number of aliphatic hydroxyl groups excluding tert-OH is 1. The van der Waals surface area contributed by atoms with Gasteiger partial charge in [0.25, 0.3) is 5.91 Å². The van der Waals surface area contributed by atoms with Crippen molar-refractivity contribution in [1.29, 1.82) is 5.26 Å². The quantitative estimate of drug-likeness (QED) is 0.621. The molecule has 1 aliphatic rings. The SMILES string of the molecule is N#CC1(c2ccc(NC(=O)c3ccc(-c4ccc(Cl)cc4)o3)cn2)CCC(O)CC1. The first-order valence-corrected chi connectivity index (χ1v) is 10.1. The number of nitrogens with zero attached hydrogens (tertiary/aromatic N) is 2. The number of anilines is 1. The molecular formula is C23H20ClN3O3. The van der Waals surface area contributed by atoms with Gasteiger partial charge in [0.1, 0.15) is 5.76 Å². The molecule has 0 radical (unpaired) electrons. The molecule has 2 aromatic heterocycles. The highest BCUT2D eigenvalue weighted by Crippen LogP contribution is 2.38. The molecule has 0 aliphatic heterocycles. The largest absolute Gasteiger partial charge is 0.451 e. The van der Waals surface area contributed by atoms with Crippen LogP contribution in [0.25, 0.3) is 11.3 Å². The van der Waals surface area contributed by atoms with E-state index in [0.717, 1.165) is 5.56 Å². The molecular weight excluding hydrogens is 402 g/mol. The zero-order valence-corrected chi connectivity index (χ0v) is 16.9. The first-order valence-electron chi connectivity index (χ1n) is 9.72. The van der Waals surface area contributed by atoms with Crippen LogP contribution in [-0.4, -0.2) is 22.1 Å². The molecule has 2 heterocycles. The van der Waals surface area contributed by atoms with Crippen LogP contribution in [0, 0.1) is 11.3 Å². The van der Waals surface area contributed by atoms with Gasteiger partial charge in [0, 0.05) is 10.6 Å². The molecule has 2 N–H and O–H groups in total.